The molecular weight excluding hydrogens is 330 g/mol. The zero-order valence-electron chi connectivity index (χ0n) is 14.9. The molecule has 1 fully saturated rings. The summed E-state index contributed by atoms with van der Waals surface area (Å²) < 4.78 is 5.08. The van der Waals surface area contributed by atoms with E-state index in [9.17, 15) is 9.59 Å². The van der Waals surface area contributed by atoms with Crippen molar-refractivity contribution in [2.75, 3.05) is 38.6 Å². The molecule has 26 heavy (non-hydrogen) atoms. The van der Waals surface area contributed by atoms with Crippen molar-refractivity contribution in [2.24, 2.45) is 0 Å². The molecule has 2 aromatic rings. The van der Waals surface area contributed by atoms with E-state index in [1.807, 2.05) is 18.2 Å². The zero-order valence-corrected chi connectivity index (χ0v) is 14.9. The molecule has 2 aromatic carbocycles. The summed E-state index contributed by atoms with van der Waals surface area (Å²) >= 11 is 0. The second kappa shape index (κ2) is 8.49. The van der Waals surface area contributed by atoms with Gasteiger partial charge in [0.05, 0.1) is 7.11 Å². The quantitative estimate of drug-likeness (QED) is 0.854. The highest BCUT2D eigenvalue weighted by atomic mass is 16.5. The maximum absolute atomic E-state index is 12.4. The molecule has 0 radical (unpaired) electrons. The van der Waals surface area contributed by atoms with E-state index in [2.05, 4.69) is 22.3 Å². The van der Waals surface area contributed by atoms with Crippen LogP contribution in [-0.2, 0) is 16.1 Å². The van der Waals surface area contributed by atoms with Gasteiger partial charge >= 0.3 is 11.8 Å². The molecule has 1 N–H and O–H groups in total. The summed E-state index contributed by atoms with van der Waals surface area (Å²) in [6.07, 6.45) is 0. The van der Waals surface area contributed by atoms with Gasteiger partial charge in [-0.05, 0) is 29.8 Å². The van der Waals surface area contributed by atoms with Gasteiger partial charge in [-0.1, -0.05) is 30.3 Å². The van der Waals surface area contributed by atoms with Crippen LogP contribution in [0.4, 0.5) is 5.69 Å². The second-order valence-corrected chi connectivity index (χ2v) is 6.24. The van der Waals surface area contributed by atoms with Crippen LogP contribution in [0.15, 0.2) is 54.6 Å². The summed E-state index contributed by atoms with van der Waals surface area (Å²) in [5, 5.41) is 2.64. The van der Waals surface area contributed by atoms with E-state index in [0.29, 0.717) is 24.5 Å². The van der Waals surface area contributed by atoms with Crippen LogP contribution in [0.25, 0.3) is 0 Å². The number of methoxy groups -OCH3 is 1. The molecule has 1 saturated heterocycles. The third-order valence-electron chi connectivity index (χ3n) is 4.45. The molecular formula is C20H23N3O3. The van der Waals surface area contributed by atoms with E-state index in [-0.39, 0.29) is 0 Å². The zero-order chi connectivity index (χ0) is 18.4. The minimum atomic E-state index is -0.605. The molecule has 0 spiro atoms. The second-order valence-electron chi connectivity index (χ2n) is 6.24. The van der Waals surface area contributed by atoms with Crippen LogP contribution in [0, 0.1) is 0 Å². The van der Waals surface area contributed by atoms with Crippen molar-refractivity contribution < 1.29 is 14.3 Å². The Morgan fingerprint density at radius 3 is 2.23 bits per heavy atom. The van der Waals surface area contributed by atoms with Crippen LogP contribution in [0.5, 0.6) is 5.75 Å². The van der Waals surface area contributed by atoms with Gasteiger partial charge in [-0.3, -0.25) is 14.5 Å². The largest absolute Gasteiger partial charge is 0.497 e. The summed E-state index contributed by atoms with van der Waals surface area (Å²) in [5.41, 5.74) is 1.83. The van der Waals surface area contributed by atoms with Crippen molar-refractivity contribution in [3.8, 4) is 5.75 Å². The number of rotatable bonds is 4. The van der Waals surface area contributed by atoms with Gasteiger partial charge in [-0.15, -0.1) is 0 Å². The minimum absolute atomic E-state index is 0.486. The van der Waals surface area contributed by atoms with Crippen LogP contribution < -0.4 is 10.1 Å². The number of benzene rings is 2. The molecule has 6 nitrogen and oxygen atoms in total. The van der Waals surface area contributed by atoms with E-state index in [1.165, 1.54) is 5.56 Å². The van der Waals surface area contributed by atoms with Gasteiger partial charge in [-0.2, -0.15) is 0 Å². The molecule has 1 aliphatic rings. The Balaban J connectivity index is 1.48. The highest BCUT2D eigenvalue weighted by molar-refractivity contribution is 6.39. The Kier molecular flexibility index (Phi) is 5.86. The normalized spacial score (nSPS) is 14.7. The van der Waals surface area contributed by atoms with E-state index in [1.54, 1.807) is 36.3 Å². The Hall–Kier alpha value is -2.86. The fourth-order valence-corrected chi connectivity index (χ4v) is 2.95. The molecule has 0 bridgehead atoms. The first-order chi connectivity index (χ1) is 12.7. The first-order valence-electron chi connectivity index (χ1n) is 8.66. The number of amides is 2. The Bertz CT molecular complexity index is 739. The SMILES string of the molecule is COc1ccc(NC(=O)C(=O)N2CCN(Cc3ccccc3)CC2)cc1. The Morgan fingerprint density at radius 1 is 0.962 bits per heavy atom. The molecule has 3 rings (SSSR count). The van der Waals surface area contributed by atoms with E-state index < -0.39 is 11.8 Å². The van der Waals surface area contributed by atoms with Crippen molar-refractivity contribution in [3.05, 3.63) is 60.2 Å². The van der Waals surface area contributed by atoms with Crippen LogP contribution in [0.1, 0.15) is 5.56 Å². The van der Waals surface area contributed by atoms with Crippen molar-refractivity contribution in [3.63, 3.8) is 0 Å². The van der Waals surface area contributed by atoms with E-state index >= 15 is 0 Å². The Labute approximate surface area is 153 Å². The van der Waals surface area contributed by atoms with E-state index in [4.69, 9.17) is 4.74 Å². The summed E-state index contributed by atoms with van der Waals surface area (Å²) in [7, 11) is 1.58. The molecule has 136 valence electrons. The van der Waals surface area contributed by atoms with Crippen LogP contribution in [-0.4, -0.2) is 54.9 Å². The smallest absolute Gasteiger partial charge is 0.313 e. The van der Waals surface area contributed by atoms with Crippen molar-refractivity contribution in [1.29, 1.82) is 0 Å². The molecule has 0 atom stereocenters. The number of nitrogens with one attached hydrogen (secondary N) is 1. The average molecular weight is 353 g/mol. The number of hydrogen-bond donors (Lipinski definition) is 1. The molecule has 2 amide bonds. The fraction of sp³-hybridized carbons (Fsp3) is 0.300. The number of nitrogens with zero attached hydrogens (tertiary/aromatic N) is 2. The average Bonchev–Trinajstić information content (AvgIpc) is 2.69. The number of hydrogen-bond acceptors (Lipinski definition) is 4. The summed E-state index contributed by atoms with van der Waals surface area (Å²) in [5.74, 6) is -0.393. The standard InChI is InChI=1S/C20H23N3O3/c1-26-18-9-7-17(8-10-18)21-19(24)20(25)23-13-11-22(12-14-23)15-16-5-3-2-4-6-16/h2-10H,11-15H2,1H3,(H,21,24). The van der Waals surface area contributed by atoms with Crippen LogP contribution in [0.2, 0.25) is 0 Å². The molecule has 1 aliphatic heterocycles. The number of piperazine rings is 1. The first kappa shape index (κ1) is 17.9. The maximum atomic E-state index is 12.4. The summed E-state index contributed by atoms with van der Waals surface area (Å²) in [4.78, 5) is 28.5. The molecule has 1 heterocycles. The molecule has 0 unspecified atom stereocenters. The van der Waals surface area contributed by atoms with Gasteiger partial charge in [0.25, 0.3) is 0 Å². The van der Waals surface area contributed by atoms with Crippen molar-refractivity contribution in [1.82, 2.24) is 9.80 Å². The van der Waals surface area contributed by atoms with Gasteiger partial charge in [0.1, 0.15) is 5.75 Å². The number of carbonyl (C=O) groups excluding carboxylic acids is 2. The molecule has 0 aliphatic carbocycles. The van der Waals surface area contributed by atoms with Gasteiger partial charge in [-0.25, -0.2) is 0 Å². The predicted octanol–water partition coefficient (Wildman–Crippen LogP) is 1.98. The van der Waals surface area contributed by atoms with Crippen molar-refractivity contribution in [2.45, 2.75) is 6.54 Å². The van der Waals surface area contributed by atoms with Gasteiger partial charge in [0.15, 0.2) is 0 Å². The number of anilines is 1. The molecule has 0 aromatic heterocycles. The topological polar surface area (TPSA) is 61.9 Å². The van der Waals surface area contributed by atoms with Crippen molar-refractivity contribution >= 4 is 17.5 Å². The fourth-order valence-electron chi connectivity index (χ4n) is 2.95. The van der Waals surface area contributed by atoms with Gasteiger partial charge in [0, 0.05) is 38.4 Å². The molecule has 0 saturated carbocycles. The predicted molar refractivity (Wildman–Crippen MR) is 99.9 cm³/mol. The third-order valence-corrected chi connectivity index (χ3v) is 4.45. The summed E-state index contributed by atoms with van der Waals surface area (Å²) in [6, 6.07) is 17.1. The first-order valence-corrected chi connectivity index (χ1v) is 8.66. The highest BCUT2D eigenvalue weighted by Gasteiger charge is 2.26. The lowest BCUT2D eigenvalue weighted by molar-refractivity contribution is -0.144. The summed E-state index contributed by atoms with van der Waals surface area (Å²) in [6.45, 7) is 3.50. The van der Waals surface area contributed by atoms with Crippen LogP contribution in [0.3, 0.4) is 0 Å². The Morgan fingerprint density at radius 2 is 1.62 bits per heavy atom. The lowest BCUT2D eigenvalue weighted by Crippen LogP contribution is -2.51. The number of carbonyl (C=O) groups is 2. The molecule has 6 heteroatoms. The highest BCUT2D eigenvalue weighted by Crippen LogP contribution is 2.15. The van der Waals surface area contributed by atoms with Crippen LogP contribution >= 0.6 is 0 Å². The lowest BCUT2D eigenvalue weighted by atomic mass is 10.2. The third kappa shape index (κ3) is 4.61. The lowest BCUT2D eigenvalue weighted by Gasteiger charge is -2.34. The minimum Gasteiger partial charge on any atom is -0.497 e. The maximum Gasteiger partial charge on any atom is 0.313 e. The van der Waals surface area contributed by atoms with E-state index in [0.717, 1.165) is 19.6 Å². The number of ether oxygens (including phenoxy) is 1. The van der Waals surface area contributed by atoms with Gasteiger partial charge < -0.3 is 15.0 Å². The monoisotopic (exact) mass is 353 g/mol. The van der Waals surface area contributed by atoms with Gasteiger partial charge in [0.2, 0.25) is 0 Å².